The number of furan rings is 1. The molecule has 1 N–H and O–H groups in total. The third-order valence-electron chi connectivity index (χ3n) is 3.57. The van der Waals surface area contributed by atoms with Gasteiger partial charge in [-0.2, -0.15) is 0 Å². The first-order chi connectivity index (χ1) is 7.16. The van der Waals surface area contributed by atoms with Gasteiger partial charge in [-0.1, -0.05) is 13.8 Å². The fourth-order valence-corrected chi connectivity index (χ4v) is 2.32. The van der Waals surface area contributed by atoms with Crippen LogP contribution in [0, 0.1) is 11.8 Å². The van der Waals surface area contributed by atoms with Crippen molar-refractivity contribution >= 4 is 0 Å². The van der Waals surface area contributed by atoms with E-state index in [1.807, 2.05) is 12.1 Å². The topological polar surface area (TPSA) is 25.2 Å². The Morgan fingerprint density at radius 3 is 2.60 bits per heavy atom. The van der Waals surface area contributed by atoms with Crippen molar-refractivity contribution in [2.24, 2.45) is 11.8 Å². The molecule has 1 aliphatic rings. The molecule has 0 spiro atoms. The Kier molecular flexibility index (Phi) is 3.15. The van der Waals surface area contributed by atoms with E-state index in [1.165, 1.54) is 12.8 Å². The van der Waals surface area contributed by atoms with E-state index in [2.05, 4.69) is 26.1 Å². The van der Waals surface area contributed by atoms with Gasteiger partial charge in [0.05, 0.1) is 12.3 Å². The van der Waals surface area contributed by atoms with Crippen LogP contribution < -0.4 is 5.32 Å². The molecule has 0 aromatic carbocycles. The molecule has 0 bridgehead atoms. The minimum Gasteiger partial charge on any atom is -0.468 e. The summed E-state index contributed by atoms with van der Waals surface area (Å²) >= 11 is 0. The normalized spacial score (nSPS) is 27.7. The highest BCUT2D eigenvalue weighted by molar-refractivity contribution is 5.04. The van der Waals surface area contributed by atoms with Gasteiger partial charge >= 0.3 is 0 Å². The van der Waals surface area contributed by atoms with E-state index in [0.29, 0.717) is 12.1 Å². The zero-order valence-electron chi connectivity index (χ0n) is 9.86. The molecule has 1 aliphatic carbocycles. The average Bonchev–Trinajstić information content (AvgIpc) is 2.61. The number of nitrogens with one attached hydrogen (secondary N) is 1. The Balaban J connectivity index is 1.76. The van der Waals surface area contributed by atoms with Crippen LogP contribution in [0.15, 0.2) is 22.8 Å². The lowest BCUT2D eigenvalue weighted by Gasteiger charge is -2.39. The molecular formula is C13H21NO. The van der Waals surface area contributed by atoms with E-state index in [1.54, 1.807) is 6.26 Å². The van der Waals surface area contributed by atoms with Gasteiger partial charge in [0.15, 0.2) is 0 Å². The molecule has 0 saturated heterocycles. The SMILES string of the molecule is CC(NC1CC(C(C)C)C1)c1ccco1. The van der Waals surface area contributed by atoms with Crippen LogP contribution in [-0.4, -0.2) is 6.04 Å². The van der Waals surface area contributed by atoms with Gasteiger partial charge in [0.2, 0.25) is 0 Å². The first-order valence-corrected chi connectivity index (χ1v) is 5.96. The molecule has 84 valence electrons. The minimum atomic E-state index is 0.345. The highest BCUT2D eigenvalue weighted by Gasteiger charge is 2.32. The number of rotatable bonds is 4. The Hall–Kier alpha value is -0.760. The lowest BCUT2D eigenvalue weighted by atomic mass is 9.73. The molecule has 2 rings (SSSR count). The summed E-state index contributed by atoms with van der Waals surface area (Å²) in [5, 5.41) is 3.61. The zero-order chi connectivity index (χ0) is 10.8. The van der Waals surface area contributed by atoms with E-state index in [0.717, 1.165) is 17.6 Å². The van der Waals surface area contributed by atoms with Gasteiger partial charge in [-0.05, 0) is 43.7 Å². The van der Waals surface area contributed by atoms with Crippen molar-refractivity contribution in [2.45, 2.75) is 45.7 Å². The van der Waals surface area contributed by atoms with Crippen molar-refractivity contribution in [3.8, 4) is 0 Å². The van der Waals surface area contributed by atoms with E-state index in [4.69, 9.17) is 4.42 Å². The fraction of sp³-hybridized carbons (Fsp3) is 0.692. The maximum absolute atomic E-state index is 5.38. The maximum atomic E-state index is 5.38. The second-order valence-corrected chi connectivity index (χ2v) is 5.08. The summed E-state index contributed by atoms with van der Waals surface area (Å²) in [6.45, 7) is 6.80. The molecule has 1 aromatic heterocycles. The lowest BCUT2D eigenvalue weighted by Crippen LogP contribution is -2.43. The molecular weight excluding hydrogens is 186 g/mol. The summed E-state index contributed by atoms with van der Waals surface area (Å²) in [6.07, 6.45) is 4.39. The molecule has 2 heteroatoms. The Morgan fingerprint density at radius 2 is 2.07 bits per heavy atom. The van der Waals surface area contributed by atoms with Crippen LogP contribution in [0.4, 0.5) is 0 Å². The van der Waals surface area contributed by atoms with Crippen LogP contribution >= 0.6 is 0 Å². The van der Waals surface area contributed by atoms with E-state index >= 15 is 0 Å². The van der Waals surface area contributed by atoms with E-state index < -0.39 is 0 Å². The number of hydrogen-bond donors (Lipinski definition) is 1. The molecule has 15 heavy (non-hydrogen) atoms. The molecule has 1 saturated carbocycles. The van der Waals surface area contributed by atoms with Gasteiger partial charge in [-0.25, -0.2) is 0 Å². The predicted octanol–water partition coefficient (Wildman–Crippen LogP) is 3.36. The first-order valence-electron chi connectivity index (χ1n) is 5.96. The fourth-order valence-electron chi connectivity index (χ4n) is 2.32. The third kappa shape index (κ3) is 2.43. The highest BCUT2D eigenvalue weighted by Crippen LogP contribution is 2.34. The predicted molar refractivity (Wildman–Crippen MR) is 61.6 cm³/mol. The largest absolute Gasteiger partial charge is 0.468 e. The van der Waals surface area contributed by atoms with Crippen LogP contribution in [0.2, 0.25) is 0 Å². The van der Waals surface area contributed by atoms with E-state index in [-0.39, 0.29) is 0 Å². The molecule has 1 fully saturated rings. The molecule has 1 unspecified atom stereocenters. The van der Waals surface area contributed by atoms with Crippen LogP contribution in [0.5, 0.6) is 0 Å². The lowest BCUT2D eigenvalue weighted by molar-refractivity contribution is 0.156. The van der Waals surface area contributed by atoms with Gasteiger partial charge in [-0.3, -0.25) is 0 Å². The Morgan fingerprint density at radius 1 is 1.33 bits per heavy atom. The standard InChI is InChI=1S/C13H21NO/c1-9(2)11-7-12(8-11)14-10(3)13-5-4-6-15-13/h4-6,9-12,14H,7-8H2,1-3H3. The van der Waals surface area contributed by atoms with Crippen LogP contribution in [-0.2, 0) is 0 Å². The molecule has 1 aromatic rings. The van der Waals surface area contributed by atoms with Crippen LogP contribution in [0.3, 0.4) is 0 Å². The molecule has 2 nitrogen and oxygen atoms in total. The Labute approximate surface area is 92.1 Å². The van der Waals surface area contributed by atoms with Crippen molar-refractivity contribution < 1.29 is 4.42 Å². The highest BCUT2D eigenvalue weighted by atomic mass is 16.3. The minimum absolute atomic E-state index is 0.345. The summed E-state index contributed by atoms with van der Waals surface area (Å²) in [6, 6.07) is 5.03. The Bertz CT molecular complexity index is 285. The van der Waals surface area contributed by atoms with Crippen LogP contribution in [0.25, 0.3) is 0 Å². The van der Waals surface area contributed by atoms with Gasteiger partial charge in [0, 0.05) is 6.04 Å². The first kappa shape index (κ1) is 10.7. The molecule has 0 amide bonds. The summed E-state index contributed by atoms with van der Waals surface area (Å²) in [5.41, 5.74) is 0. The van der Waals surface area contributed by atoms with Crippen molar-refractivity contribution in [1.82, 2.24) is 5.32 Å². The van der Waals surface area contributed by atoms with Crippen molar-refractivity contribution in [1.29, 1.82) is 0 Å². The van der Waals surface area contributed by atoms with Gasteiger partial charge in [0.25, 0.3) is 0 Å². The summed E-state index contributed by atoms with van der Waals surface area (Å²) in [4.78, 5) is 0. The smallest absolute Gasteiger partial charge is 0.120 e. The van der Waals surface area contributed by atoms with Crippen molar-refractivity contribution in [2.75, 3.05) is 0 Å². The van der Waals surface area contributed by atoms with Gasteiger partial charge < -0.3 is 9.73 Å². The van der Waals surface area contributed by atoms with Crippen molar-refractivity contribution in [3.63, 3.8) is 0 Å². The second-order valence-electron chi connectivity index (χ2n) is 5.08. The number of hydrogen-bond acceptors (Lipinski definition) is 2. The molecule has 1 heterocycles. The van der Waals surface area contributed by atoms with Gasteiger partial charge in [0.1, 0.15) is 5.76 Å². The average molecular weight is 207 g/mol. The second kappa shape index (κ2) is 4.40. The van der Waals surface area contributed by atoms with Gasteiger partial charge in [-0.15, -0.1) is 0 Å². The van der Waals surface area contributed by atoms with Crippen molar-refractivity contribution in [3.05, 3.63) is 24.2 Å². The summed E-state index contributed by atoms with van der Waals surface area (Å²) < 4.78 is 5.38. The van der Waals surface area contributed by atoms with Crippen LogP contribution in [0.1, 0.15) is 45.4 Å². The summed E-state index contributed by atoms with van der Waals surface area (Å²) in [7, 11) is 0. The van der Waals surface area contributed by atoms with E-state index in [9.17, 15) is 0 Å². The molecule has 0 radical (unpaired) electrons. The molecule has 1 atom stereocenters. The third-order valence-corrected chi connectivity index (χ3v) is 3.57. The quantitative estimate of drug-likeness (QED) is 0.819. The molecule has 0 aliphatic heterocycles. The monoisotopic (exact) mass is 207 g/mol. The summed E-state index contributed by atoms with van der Waals surface area (Å²) in [5.74, 6) is 2.80. The zero-order valence-corrected chi connectivity index (χ0v) is 9.86. The maximum Gasteiger partial charge on any atom is 0.120 e.